The Bertz CT molecular complexity index is 1200. The van der Waals surface area contributed by atoms with E-state index in [0.717, 1.165) is 35.4 Å². The Morgan fingerprint density at radius 1 is 1.12 bits per heavy atom. The van der Waals surface area contributed by atoms with Gasteiger partial charge in [-0.1, -0.05) is 31.2 Å². The number of hydrogen-bond donors (Lipinski definition) is 2. The van der Waals surface area contributed by atoms with E-state index in [4.69, 9.17) is 9.47 Å². The SMILES string of the molecule is CCOc1cc([C@H]2NC(=O)c3c(sc4c3CC[C@H](C)C4)N2)ccc1OC(=O)c1ccccc1. The van der Waals surface area contributed by atoms with Crippen LogP contribution < -0.4 is 20.1 Å². The number of carbonyl (C=O) groups excluding carboxylic acids is 2. The predicted molar refractivity (Wildman–Crippen MR) is 128 cm³/mol. The van der Waals surface area contributed by atoms with E-state index in [1.807, 2.05) is 25.1 Å². The summed E-state index contributed by atoms with van der Waals surface area (Å²) >= 11 is 1.69. The van der Waals surface area contributed by atoms with Gasteiger partial charge in [0, 0.05) is 4.88 Å². The van der Waals surface area contributed by atoms with Crippen LogP contribution in [0.3, 0.4) is 0 Å². The Balaban J connectivity index is 1.40. The van der Waals surface area contributed by atoms with Crippen molar-refractivity contribution in [2.45, 2.75) is 39.3 Å². The standard InChI is InChI=1S/C26H26N2O4S/c1-3-31-20-14-17(10-12-19(20)32-26(30)16-7-5-4-6-8-16)23-27-24(29)22-18-11-9-15(2)13-21(18)33-25(22)28-23/h4-8,10,12,14-15,23,28H,3,9,11,13H2,1-2H3,(H,27,29)/t15-,23-/m0/s1. The number of benzene rings is 2. The van der Waals surface area contributed by atoms with E-state index in [0.29, 0.717) is 29.6 Å². The highest BCUT2D eigenvalue weighted by molar-refractivity contribution is 7.16. The van der Waals surface area contributed by atoms with Gasteiger partial charge in [-0.05, 0) is 67.5 Å². The van der Waals surface area contributed by atoms with Crippen molar-refractivity contribution >= 4 is 28.2 Å². The number of fused-ring (bicyclic) bond motifs is 3. The minimum absolute atomic E-state index is 0.0432. The number of carbonyl (C=O) groups is 2. The first-order valence-electron chi connectivity index (χ1n) is 11.3. The van der Waals surface area contributed by atoms with Gasteiger partial charge >= 0.3 is 5.97 Å². The van der Waals surface area contributed by atoms with Gasteiger partial charge in [-0.2, -0.15) is 0 Å². The van der Waals surface area contributed by atoms with Gasteiger partial charge in [0.2, 0.25) is 0 Å². The molecular formula is C26H26N2O4S. The molecule has 3 aromatic rings. The van der Waals surface area contributed by atoms with Crippen molar-refractivity contribution in [2.75, 3.05) is 11.9 Å². The van der Waals surface area contributed by atoms with Gasteiger partial charge in [0.05, 0.1) is 17.7 Å². The van der Waals surface area contributed by atoms with Crippen LogP contribution in [0.1, 0.15) is 63.2 Å². The highest BCUT2D eigenvalue weighted by atomic mass is 32.1. The number of rotatable bonds is 5. The van der Waals surface area contributed by atoms with Crippen molar-refractivity contribution in [3.05, 3.63) is 75.7 Å². The average Bonchev–Trinajstić information content (AvgIpc) is 3.18. The minimum Gasteiger partial charge on any atom is -0.490 e. The third-order valence-corrected chi connectivity index (χ3v) is 7.29. The Hall–Kier alpha value is -3.32. The lowest BCUT2D eigenvalue weighted by Gasteiger charge is -2.27. The molecule has 0 unspecified atom stereocenters. The number of amides is 1. The van der Waals surface area contributed by atoms with Crippen LogP contribution in [0, 0.1) is 5.92 Å². The highest BCUT2D eigenvalue weighted by Crippen LogP contribution is 2.43. The van der Waals surface area contributed by atoms with Gasteiger partial charge < -0.3 is 20.1 Å². The van der Waals surface area contributed by atoms with Crippen LogP contribution in [0.15, 0.2) is 48.5 Å². The lowest BCUT2D eigenvalue weighted by atomic mass is 9.88. The molecule has 2 aliphatic rings. The van der Waals surface area contributed by atoms with Gasteiger partial charge in [-0.25, -0.2) is 4.79 Å². The normalized spacial score (nSPS) is 19.0. The second kappa shape index (κ2) is 8.90. The van der Waals surface area contributed by atoms with Gasteiger partial charge in [0.15, 0.2) is 11.5 Å². The van der Waals surface area contributed by atoms with Crippen LogP contribution >= 0.6 is 11.3 Å². The summed E-state index contributed by atoms with van der Waals surface area (Å²) in [5.41, 5.74) is 3.30. The van der Waals surface area contributed by atoms with Crippen LogP contribution in [0.25, 0.3) is 0 Å². The van der Waals surface area contributed by atoms with Gasteiger partial charge in [0.1, 0.15) is 11.2 Å². The van der Waals surface area contributed by atoms with Crippen molar-refractivity contribution in [1.82, 2.24) is 5.32 Å². The fourth-order valence-corrected chi connectivity index (χ4v) is 5.86. The molecule has 1 aromatic heterocycles. The summed E-state index contributed by atoms with van der Waals surface area (Å²) in [7, 11) is 0. The molecule has 0 radical (unpaired) electrons. The largest absolute Gasteiger partial charge is 0.490 e. The van der Waals surface area contributed by atoms with E-state index in [2.05, 4.69) is 17.6 Å². The van der Waals surface area contributed by atoms with E-state index in [1.54, 1.807) is 41.7 Å². The summed E-state index contributed by atoms with van der Waals surface area (Å²) in [6.07, 6.45) is 2.72. The molecule has 0 bridgehead atoms. The molecule has 5 rings (SSSR count). The van der Waals surface area contributed by atoms with Gasteiger partial charge in [-0.15, -0.1) is 11.3 Å². The van der Waals surface area contributed by atoms with E-state index in [1.165, 1.54) is 10.4 Å². The monoisotopic (exact) mass is 462 g/mol. The molecule has 2 atom stereocenters. The zero-order valence-corrected chi connectivity index (χ0v) is 19.5. The van der Waals surface area contributed by atoms with Crippen LogP contribution in [0.4, 0.5) is 5.00 Å². The predicted octanol–water partition coefficient (Wildman–Crippen LogP) is 5.34. The maximum atomic E-state index is 13.0. The van der Waals surface area contributed by atoms with Crippen LogP contribution in [-0.2, 0) is 12.8 Å². The maximum Gasteiger partial charge on any atom is 0.343 e. The smallest absolute Gasteiger partial charge is 0.343 e. The molecule has 0 saturated heterocycles. The summed E-state index contributed by atoms with van der Waals surface area (Å²) in [6, 6.07) is 14.2. The maximum absolute atomic E-state index is 13.0. The average molecular weight is 463 g/mol. The first kappa shape index (κ1) is 21.5. The number of ether oxygens (including phenoxy) is 2. The Labute approximate surface area is 196 Å². The Morgan fingerprint density at radius 3 is 2.73 bits per heavy atom. The molecular weight excluding hydrogens is 436 g/mol. The third-order valence-electron chi connectivity index (χ3n) is 6.10. The molecule has 6 nitrogen and oxygen atoms in total. The van der Waals surface area contributed by atoms with Crippen LogP contribution in [-0.4, -0.2) is 18.5 Å². The molecule has 2 N–H and O–H groups in total. The molecule has 1 aliphatic heterocycles. The lowest BCUT2D eigenvalue weighted by Crippen LogP contribution is -2.38. The zero-order valence-electron chi connectivity index (χ0n) is 18.6. The quantitative estimate of drug-likeness (QED) is 0.395. The number of hydrogen-bond acceptors (Lipinski definition) is 6. The highest BCUT2D eigenvalue weighted by Gasteiger charge is 2.33. The number of anilines is 1. The summed E-state index contributed by atoms with van der Waals surface area (Å²) < 4.78 is 11.4. The summed E-state index contributed by atoms with van der Waals surface area (Å²) in [5.74, 6) is 0.962. The van der Waals surface area contributed by atoms with Crippen molar-refractivity contribution in [2.24, 2.45) is 5.92 Å². The number of esters is 1. The fraction of sp³-hybridized carbons (Fsp3) is 0.308. The number of thiophene rings is 1. The molecule has 0 spiro atoms. The Morgan fingerprint density at radius 2 is 1.94 bits per heavy atom. The molecule has 1 aliphatic carbocycles. The van der Waals surface area contributed by atoms with E-state index in [9.17, 15) is 9.59 Å². The molecule has 170 valence electrons. The van der Waals surface area contributed by atoms with Crippen LogP contribution in [0.2, 0.25) is 0 Å². The topological polar surface area (TPSA) is 76.7 Å². The van der Waals surface area contributed by atoms with Crippen molar-refractivity contribution in [3.63, 3.8) is 0 Å². The van der Waals surface area contributed by atoms with E-state index < -0.39 is 5.97 Å². The van der Waals surface area contributed by atoms with Crippen molar-refractivity contribution in [3.8, 4) is 11.5 Å². The summed E-state index contributed by atoms with van der Waals surface area (Å²) in [5, 5.41) is 7.51. The zero-order chi connectivity index (χ0) is 22.9. The summed E-state index contributed by atoms with van der Waals surface area (Å²) in [4.78, 5) is 26.8. The minimum atomic E-state index is -0.448. The van der Waals surface area contributed by atoms with E-state index >= 15 is 0 Å². The molecule has 0 fully saturated rings. The molecule has 0 saturated carbocycles. The first-order chi connectivity index (χ1) is 16.0. The van der Waals surface area contributed by atoms with E-state index in [-0.39, 0.29) is 12.1 Å². The third kappa shape index (κ3) is 4.20. The molecule has 33 heavy (non-hydrogen) atoms. The molecule has 1 amide bonds. The van der Waals surface area contributed by atoms with Gasteiger partial charge in [-0.3, -0.25) is 4.79 Å². The van der Waals surface area contributed by atoms with Crippen molar-refractivity contribution in [1.29, 1.82) is 0 Å². The lowest BCUT2D eigenvalue weighted by molar-refractivity contribution is 0.0728. The number of nitrogens with one attached hydrogen (secondary N) is 2. The first-order valence-corrected chi connectivity index (χ1v) is 12.1. The summed E-state index contributed by atoms with van der Waals surface area (Å²) in [6.45, 7) is 4.56. The Kier molecular flexibility index (Phi) is 5.81. The molecule has 2 aromatic carbocycles. The molecule has 2 heterocycles. The van der Waals surface area contributed by atoms with Gasteiger partial charge in [0.25, 0.3) is 5.91 Å². The second-order valence-corrected chi connectivity index (χ2v) is 9.61. The second-order valence-electron chi connectivity index (χ2n) is 8.50. The molecule has 7 heteroatoms. The van der Waals surface area contributed by atoms with Crippen LogP contribution in [0.5, 0.6) is 11.5 Å². The van der Waals surface area contributed by atoms with Crippen molar-refractivity contribution < 1.29 is 19.1 Å². The fourth-order valence-electron chi connectivity index (χ4n) is 4.42.